The first kappa shape index (κ1) is 21.9. The van der Waals surface area contributed by atoms with Gasteiger partial charge in [0.15, 0.2) is 0 Å². The van der Waals surface area contributed by atoms with Gasteiger partial charge in [-0.2, -0.15) is 8.42 Å². The van der Waals surface area contributed by atoms with E-state index in [1.54, 1.807) is 0 Å². The molecule has 0 radical (unpaired) electrons. The Balaban J connectivity index is 3.81. The number of aliphatic hydroxyl groups excluding tert-OH is 1. The number of aliphatic hydroxyl groups is 1. The van der Waals surface area contributed by atoms with Gasteiger partial charge in [-0.05, 0) is 19.3 Å². The largest absolute Gasteiger partial charge is 0.393 e. The van der Waals surface area contributed by atoms with Crippen LogP contribution in [-0.2, 0) is 10.1 Å². The maximum Gasteiger partial charge on any atom is 0.267 e. The highest BCUT2D eigenvalue weighted by atomic mass is 32.2. The quantitative estimate of drug-likeness (QED) is 0.335. The average molecular weight is 337 g/mol. The summed E-state index contributed by atoms with van der Waals surface area (Å²) in [5, 5.41) is 8.94. The highest BCUT2D eigenvalue weighted by Crippen LogP contribution is 2.19. The van der Waals surface area contributed by atoms with E-state index in [2.05, 4.69) is 6.92 Å². The van der Waals surface area contributed by atoms with E-state index >= 15 is 0 Å². The number of unbranched alkanes of at least 4 members (excludes halogenated alkanes) is 8. The van der Waals surface area contributed by atoms with Gasteiger partial charge in [-0.3, -0.25) is 4.55 Å². The standard InChI is InChI=1S/C17H36O4S/c1-3-5-6-7-8-9-10-11-12-14-17(22(19,20)21)15-16(18)13-4-2/h16-18H,3-15H2,1-2H3,(H,19,20,21). The fourth-order valence-corrected chi connectivity index (χ4v) is 3.76. The van der Waals surface area contributed by atoms with Crippen molar-refractivity contribution in [1.29, 1.82) is 0 Å². The summed E-state index contributed by atoms with van der Waals surface area (Å²) in [5.41, 5.74) is 0. The molecule has 0 aliphatic rings. The van der Waals surface area contributed by atoms with Crippen molar-refractivity contribution in [3.05, 3.63) is 0 Å². The van der Waals surface area contributed by atoms with Crippen LogP contribution in [0.3, 0.4) is 0 Å². The van der Waals surface area contributed by atoms with Crippen molar-refractivity contribution in [3.63, 3.8) is 0 Å². The van der Waals surface area contributed by atoms with Crippen LogP contribution in [0.2, 0.25) is 0 Å². The van der Waals surface area contributed by atoms with Crippen LogP contribution in [0.1, 0.15) is 97.3 Å². The zero-order valence-electron chi connectivity index (χ0n) is 14.5. The predicted molar refractivity (Wildman–Crippen MR) is 92.7 cm³/mol. The summed E-state index contributed by atoms with van der Waals surface area (Å²) in [6, 6.07) is 0. The second-order valence-electron chi connectivity index (χ2n) is 6.43. The van der Waals surface area contributed by atoms with E-state index in [9.17, 15) is 18.1 Å². The van der Waals surface area contributed by atoms with Crippen LogP contribution in [0, 0.1) is 0 Å². The van der Waals surface area contributed by atoms with E-state index in [4.69, 9.17) is 0 Å². The third-order valence-corrected chi connectivity index (χ3v) is 5.48. The summed E-state index contributed by atoms with van der Waals surface area (Å²) in [5.74, 6) is 0. The van der Waals surface area contributed by atoms with Gasteiger partial charge in [-0.15, -0.1) is 0 Å². The lowest BCUT2D eigenvalue weighted by molar-refractivity contribution is 0.149. The van der Waals surface area contributed by atoms with Crippen LogP contribution < -0.4 is 0 Å². The molecule has 0 aromatic heterocycles. The summed E-state index contributed by atoms with van der Waals surface area (Å²) >= 11 is 0. The van der Waals surface area contributed by atoms with Crippen molar-refractivity contribution in [3.8, 4) is 0 Å². The highest BCUT2D eigenvalue weighted by Gasteiger charge is 2.25. The predicted octanol–water partition coefficient (Wildman–Crippen LogP) is 4.71. The van der Waals surface area contributed by atoms with Crippen molar-refractivity contribution < 1.29 is 18.1 Å². The molecule has 0 aromatic rings. The molecule has 0 saturated carbocycles. The van der Waals surface area contributed by atoms with E-state index in [1.165, 1.54) is 38.5 Å². The van der Waals surface area contributed by atoms with Gasteiger partial charge in [0.1, 0.15) is 0 Å². The molecule has 2 atom stereocenters. The van der Waals surface area contributed by atoms with Crippen molar-refractivity contribution in [2.45, 2.75) is 109 Å². The first-order valence-electron chi connectivity index (χ1n) is 9.06. The molecule has 0 rings (SSSR count). The molecular formula is C17H36O4S. The smallest absolute Gasteiger partial charge is 0.267 e. The van der Waals surface area contributed by atoms with Crippen LogP contribution in [0.25, 0.3) is 0 Å². The molecule has 2 N–H and O–H groups in total. The second kappa shape index (κ2) is 13.3. The van der Waals surface area contributed by atoms with Crippen LogP contribution in [0.15, 0.2) is 0 Å². The van der Waals surface area contributed by atoms with Crippen LogP contribution >= 0.6 is 0 Å². The summed E-state index contributed by atoms with van der Waals surface area (Å²) in [4.78, 5) is 0. The van der Waals surface area contributed by atoms with Crippen molar-refractivity contribution in [2.24, 2.45) is 0 Å². The molecule has 0 spiro atoms. The Hall–Kier alpha value is -0.130. The lowest BCUT2D eigenvalue weighted by Crippen LogP contribution is -2.26. The molecule has 0 fully saturated rings. The second-order valence-corrected chi connectivity index (χ2v) is 8.13. The minimum absolute atomic E-state index is 0.156. The SMILES string of the molecule is CCCCCCCCCCCC(CC(O)CCC)S(=O)(=O)O. The molecule has 0 aromatic carbocycles. The van der Waals surface area contributed by atoms with E-state index in [0.717, 1.165) is 25.7 Å². The topological polar surface area (TPSA) is 74.6 Å². The van der Waals surface area contributed by atoms with Gasteiger partial charge < -0.3 is 5.11 Å². The number of hydrogen-bond acceptors (Lipinski definition) is 3. The molecule has 0 aliphatic heterocycles. The number of hydrogen-bond donors (Lipinski definition) is 2. The van der Waals surface area contributed by atoms with Gasteiger partial charge in [0.05, 0.1) is 11.4 Å². The molecule has 22 heavy (non-hydrogen) atoms. The molecule has 0 aliphatic carbocycles. The van der Waals surface area contributed by atoms with Crippen LogP contribution in [0.4, 0.5) is 0 Å². The maximum absolute atomic E-state index is 11.4. The Morgan fingerprint density at radius 3 is 1.73 bits per heavy atom. The summed E-state index contributed by atoms with van der Waals surface area (Å²) in [7, 11) is -4.05. The minimum atomic E-state index is -4.05. The normalized spacial score (nSPS) is 14.9. The number of rotatable bonds is 15. The fraction of sp³-hybridized carbons (Fsp3) is 1.00. The minimum Gasteiger partial charge on any atom is -0.393 e. The summed E-state index contributed by atoms with van der Waals surface area (Å²) < 4.78 is 32.0. The van der Waals surface area contributed by atoms with Crippen molar-refractivity contribution in [1.82, 2.24) is 0 Å². The lowest BCUT2D eigenvalue weighted by Gasteiger charge is -2.17. The highest BCUT2D eigenvalue weighted by molar-refractivity contribution is 7.86. The van der Waals surface area contributed by atoms with Gasteiger partial charge in [-0.1, -0.05) is 78.1 Å². The molecule has 0 bridgehead atoms. The lowest BCUT2D eigenvalue weighted by atomic mass is 10.0. The van der Waals surface area contributed by atoms with Gasteiger partial charge in [0.25, 0.3) is 10.1 Å². The molecule has 0 saturated heterocycles. The third-order valence-electron chi connectivity index (χ3n) is 4.21. The molecule has 0 amide bonds. The van der Waals surface area contributed by atoms with E-state index in [1.807, 2.05) is 6.92 Å². The van der Waals surface area contributed by atoms with E-state index < -0.39 is 21.5 Å². The van der Waals surface area contributed by atoms with Gasteiger partial charge >= 0.3 is 0 Å². The Kier molecular flexibility index (Phi) is 13.2. The molecule has 4 nitrogen and oxygen atoms in total. The Morgan fingerprint density at radius 2 is 1.27 bits per heavy atom. The van der Waals surface area contributed by atoms with Gasteiger partial charge in [-0.25, -0.2) is 0 Å². The van der Waals surface area contributed by atoms with E-state index in [0.29, 0.717) is 12.8 Å². The zero-order valence-corrected chi connectivity index (χ0v) is 15.3. The Labute approximate surface area is 137 Å². The van der Waals surface area contributed by atoms with Crippen molar-refractivity contribution >= 4 is 10.1 Å². The Morgan fingerprint density at radius 1 is 0.773 bits per heavy atom. The zero-order chi connectivity index (χ0) is 16.8. The first-order valence-corrected chi connectivity index (χ1v) is 10.6. The molecular weight excluding hydrogens is 300 g/mol. The molecule has 2 unspecified atom stereocenters. The monoisotopic (exact) mass is 336 g/mol. The summed E-state index contributed by atoms with van der Waals surface area (Å²) in [6.45, 7) is 4.16. The van der Waals surface area contributed by atoms with Gasteiger partial charge in [0, 0.05) is 0 Å². The fourth-order valence-electron chi connectivity index (χ4n) is 2.83. The van der Waals surface area contributed by atoms with Crippen LogP contribution in [-0.4, -0.2) is 29.4 Å². The van der Waals surface area contributed by atoms with Crippen LogP contribution in [0.5, 0.6) is 0 Å². The Bertz CT molecular complexity index is 341. The first-order chi connectivity index (χ1) is 10.4. The average Bonchev–Trinajstić information content (AvgIpc) is 2.43. The molecule has 5 heteroatoms. The van der Waals surface area contributed by atoms with E-state index in [-0.39, 0.29) is 6.42 Å². The third kappa shape index (κ3) is 12.4. The maximum atomic E-state index is 11.4. The summed E-state index contributed by atoms with van der Waals surface area (Å²) in [6.07, 6.45) is 12.0. The van der Waals surface area contributed by atoms with Crippen molar-refractivity contribution in [2.75, 3.05) is 0 Å². The molecule has 134 valence electrons. The van der Waals surface area contributed by atoms with Gasteiger partial charge in [0.2, 0.25) is 0 Å². The molecule has 0 heterocycles.